The Labute approximate surface area is 178 Å². The molecule has 30 heavy (non-hydrogen) atoms. The molecule has 6 heteroatoms. The van der Waals surface area contributed by atoms with Gasteiger partial charge in [0.25, 0.3) is 0 Å². The van der Waals surface area contributed by atoms with Gasteiger partial charge in [0.05, 0.1) is 13.0 Å². The van der Waals surface area contributed by atoms with Gasteiger partial charge in [0.2, 0.25) is 11.8 Å². The number of carbonyl (C=O) groups is 2. The number of methoxy groups -OCH3 is 1. The van der Waals surface area contributed by atoms with E-state index in [1.165, 1.54) is 11.1 Å². The first-order valence-corrected chi connectivity index (χ1v) is 10.5. The average Bonchev–Trinajstić information content (AvgIpc) is 3.17. The molecule has 2 aromatic carbocycles. The van der Waals surface area contributed by atoms with Gasteiger partial charge in [-0.1, -0.05) is 29.8 Å². The molecule has 0 bridgehead atoms. The van der Waals surface area contributed by atoms with Crippen molar-refractivity contribution in [1.29, 1.82) is 0 Å². The predicted molar refractivity (Wildman–Crippen MR) is 116 cm³/mol. The van der Waals surface area contributed by atoms with E-state index in [-0.39, 0.29) is 24.2 Å². The zero-order valence-electron chi connectivity index (χ0n) is 17.7. The van der Waals surface area contributed by atoms with E-state index < -0.39 is 0 Å². The molecular formula is C24H29N3O3. The Bertz CT molecular complexity index is 887. The third-order valence-electron chi connectivity index (χ3n) is 6.07. The number of nitrogens with zero attached hydrogens (tertiary/aromatic N) is 3. The largest absolute Gasteiger partial charge is 0.497 e. The SMILES string of the molecule is COc1ccc(N2CC(C(=O)N3CCN(Cc4ccc(C)cc4)CC3)CC2=O)cc1. The maximum Gasteiger partial charge on any atom is 0.228 e. The fourth-order valence-electron chi connectivity index (χ4n) is 4.22. The minimum absolute atomic E-state index is 0.0107. The maximum atomic E-state index is 13.0. The topological polar surface area (TPSA) is 53.1 Å². The van der Waals surface area contributed by atoms with Gasteiger partial charge in [0.1, 0.15) is 5.75 Å². The van der Waals surface area contributed by atoms with E-state index in [9.17, 15) is 9.59 Å². The third-order valence-corrected chi connectivity index (χ3v) is 6.07. The van der Waals surface area contributed by atoms with Crippen molar-refractivity contribution in [1.82, 2.24) is 9.80 Å². The summed E-state index contributed by atoms with van der Waals surface area (Å²) in [6.45, 7) is 6.63. The minimum atomic E-state index is -0.261. The molecule has 6 nitrogen and oxygen atoms in total. The van der Waals surface area contributed by atoms with Crippen LogP contribution in [-0.2, 0) is 16.1 Å². The summed E-state index contributed by atoms with van der Waals surface area (Å²) in [5.41, 5.74) is 3.39. The smallest absolute Gasteiger partial charge is 0.228 e. The van der Waals surface area contributed by atoms with Crippen molar-refractivity contribution in [2.75, 3.05) is 44.7 Å². The normalized spacial score (nSPS) is 19.9. The van der Waals surface area contributed by atoms with Crippen molar-refractivity contribution in [3.63, 3.8) is 0 Å². The van der Waals surface area contributed by atoms with Crippen LogP contribution in [0.15, 0.2) is 48.5 Å². The van der Waals surface area contributed by atoms with Crippen LogP contribution in [0.2, 0.25) is 0 Å². The van der Waals surface area contributed by atoms with Crippen LogP contribution >= 0.6 is 0 Å². The zero-order valence-corrected chi connectivity index (χ0v) is 17.7. The Kier molecular flexibility index (Phi) is 6.04. The molecule has 4 rings (SSSR count). The molecule has 2 aromatic rings. The van der Waals surface area contributed by atoms with Gasteiger partial charge >= 0.3 is 0 Å². The van der Waals surface area contributed by atoms with E-state index in [2.05, 4.69) is 36.1 Å². The lowest BCUT2D eigenvalue weighted by molar-refractivity contribution is -0.137. The molecule has 2 amide bonds. The molecule has 0 aromatic heterocycles. The summed E-state index contributed by atoms with van der Waals surface area (Å²) in [6, 6.07) is 16.0. The van der Waals surface area contributed by atoms with Gasteiger partial charge in [0, 0.05) is 51.4 Å². The van der Waals surface area contributed by atoms with Crippen LogP contribution < -0.4 is 9.64 Å². The monoisotopic (exact) mass is 407 g/mol. The van der Waals surface area contributed by atoms with E-state index in [0.717, 1.165) is 44.2 Å². The Morgan fingerprint density at radius 2 is 1.67 bits per heavy atom. The number of piperazine rings is 1. The first-order chi connectivity index (χ1) is 14.5. The van der Waals surface area contributed by atoms with Crippen molar-refractivity contribution in [2.45, 2.75) is 19.9 Å². The fraction of sp³-hybridized carbons (Fsp3) is 0.417. The summed E-state index contributed by atoms with van der Waals surface area (Å²) in [4.78, 5) is 31.6. The molecule has 158 valence electrons. The summed E-state index contributed by atoms with van der Waals surface area (Å²) in [7, 11) is 1.62. The van der Waals surface area contributed by atoms with Gasteiger partial charge < -0.3 is 14.5 Å². The highest BCUT2D eigenvalue weighted by Gasteiger charge is 2.37. The summed E-state index contributed by atoms with van der Waals surface area (Å²) in [5.74, 6) is 0.607. The van der Waals surface area contributed by atoms with Crippen LogP contribution in [0, 0.1) is 12.8 Å². The molecule has 0 spiro atoms. The van der Waals surface area contributed by atoms with E-state index in [1.807, 2.05) is 29.2 Å². The van der Waals surface area contributed by atoms with E-state index in [0.29, 0.717) is 6.54 Å². The molecule has 0 saturated carbocycles. The summed E-state index contributed by atoms with van der Waals surface area (Å²) in [6.07, 6.45) is 0.286. The van der Waals surface area contributed by atoms with E-state index in [1.54, 1.807) is 12.0 Å². The first kappa shape index (κ1) is 20.4. The van der Waals surface area contributed by atoms with Gasteiger partial charge in [-0.25, -0.2) is 0 Å². The van der Waals surface area contributed by atoms with Crippen LogP contribution in [0.1, 0.15) is 17.5 Å². The molecule has 2 fully saturated rings. The zero-order chi connectivity index (χ0) is 21.1. The van der Waals surface area contributed by atoms with Crippen molar-refractivity contribution < 1.29 is 14.3 Å². The molecule has 2 aliphatic rings. The lowest BCUT2D eigenvalue weighted by Gasteiger charge is -2.36. The summed E-state index contributed by atoms with van der Waals surface area (Å²) < 4.78 is 5.18. The molecule has 2 heterocycles. The molecular weight excluding hydrogens is 378 g/mol. The Morgan fingerprint density at radius 3 is 2.30 bits per heavy atom. The van der Waals surface area contributed by atoms with Gasteiger partial charge in [-0.15, -0.1) is 0 Å². The lowest BCUT2D eigenvalue weighted by Crippen LogP contribution is -2.50. The molecule has 1 atom stereocenters. The van der Waals surface area contributed by atoms with Gasteiger partial charge in [-0.3, -0.25) is 14.5 Å². The molecule has 2 aliphatic heterocycles. The fourth-order valence-corrected chi connectivity index (χ4v) is 4.22. The summed E-state index contributed by atoms with van der Waals surface area (Å²) in [5, 5.41) is 0. The number of benzene rings is 2. The molecule has 2 saturated heterocycles. The second-order valence-corrected chi connectivity index (χ2v) is 8.19. The molecule has 0 N–H and O–H groups in total. The Balaban J connectivity index is 1.30. The van der Waals surface area contributed by atoms with E-state index in [4.69, 9.17) is 4.74 Å². The van der Waals surface area contributed by atoms with Crippen molar-refractivity contribution in [3.05, 3.63) is 59.7 Å². The highest BCUT2D eigenvalue weighted by molar-refractivity contribution is 6.00. The van der Waals surface area contributed by atoms with Crippen LogP contribution in [0.5, 0.6) is 5.75 Å². The van der Waals surface area contributed by atoms with Crippen LogP contribution in [-0.4, -0.2) is 61.4 Å². The average molecular weight is 408 g/mol. The van der Waals surface area contributed by atoms with E-state index >= 15 is 0 Å². The number of aryl methyl sites for hydroxylation is 1. The number of carbonyl (C=O) groups excluding carboxylic acids is 2. The van der Waals surface area contributed by atoms with Crippen molar-refractivity contribution in [3.8, 4) is 5.75 Å². The van der Waals surface area contributed by atoms with Crippen molar-refractivity contribution >= 4 is 17.5 Å². The lowest BCUT2D eigenvalue weighted by atomic mass is 10.1. The first-order valence-electron chi connectivity index (χ1n) is 10.5. The van der Waals surface area contributed by atoms with Crippen LogP contribution in [0.4, 0.5) is 5.69 Å². The summed E-state index contributed by atoms with van der Waals surface area (Å²) >= 11 is 0. The van der Waals surface area contributed by atoms with Crippen LogP contribution in [0.3, 0.4) is 0 Å². The van der Waals surface area contributed by atoms with Gasteiger partial charge in [-0.05, 0) is 36.8 Å². The van der Waals surface area contributed by atoms with Gasteiger partial charge in [-0.2, -0.15) is 0 Å². The number of ether oxygens (including phenoxy) is 1. The second kappa shape index (κ2) is 8.88. The van der Waals surface area contributed by atoms with Crippen molar-refractivity contribution in [2.24, 2.45) is 5.92 Å². The van der Waals surface area contributed by atoms with Crippen LogP contribution in [0.25, 0.3) is 0 Å². The number of anilines is 1. The predicted octanol–water partition coefficient (Wildman–Crippen LogP) is 2.70. The molecule has 1 unspecified atom stereocenters. The quantitative estimate of drug-likeness (QED) is 0.765. The van der Waals surface area contributed by atoms with Gasteiger partial charge in [0.15, 0.2) is 0 Å². The molecule has 0 radical (unpaired) electrons. The third kappa shape index (κ3) is 4.49. The minimum Gasteiger partial charge on any atom is -0.497 e. The maximum absolute atomic E-state index is 13.0. The highest BCUT2D eigenvalue weighted by Crippen LogP contribution is 2.28. The second-order valence-electron chi connectivity index (χ2n) is 8.19. The number of hydrogen-bond acceptors (Lipinski definition) is 4. The number of hydrogen-bond donors (Lipinski definition) is 0. The number of rotatable bonds is 5. The Morgan fingerprint density at radius 1 is 1.00 bits per heavy atom. The highest BCUT2D eigenvalue weighted by atomic mass is 16.5. The Hall–Kier alpha value is -2.86. The molecule has 0 aliphatic carbocycles. The number of amides is 2. The standard InChI is InChI=1S/C24H29N3O3/c1-18-3-5-19(6-4-18)16-25-11-13-26(14-12-25)24(29)20-15-23(28)27(17-20)21-7-9-22(30-2)10-8-21/h3-10,20H,11-17H2,1-2H3.